The van der Waals surface area contributed by atoms with E-state index in [9.17, 15) is 8.42 Å². The van der Waals surface area contributed by atoms with Crippen molar-refractivity contribution < 1.29 is 8.42 Å². The van der Waals surface area contributed by atoms with Gasteiger partial charge in [-0.2, -0.15) is 17.4 Å². The zero-order chi connectivity index (χ0) is 15.5. The lowest BCUT2D eigenvalue weighted by Crippen LogP contribution is -2.47. The minimum Gasteiger partial charge on any atom is -0.330 e. The highest BCUT2D eigenvalue weighted by molar-refractivity contribution is 7.87. The third-order valence-electron chi connectivity index (χ3n) is 4.06. The lowest BCUT2D eigenvalue weighted by molar-refractivity contribution is 0.267. The van der Waals surface area contributed by atoms with E-state index >= 15 is 0 Å². The Morgan fingerprint density at radius 1 is 1.38 bits per heavy atom. The third kappa shape index (κ3) is 4.26. The number of nitrogens with zero attached hydrogens (tertiary/aromatic N) is 1. The van der Waals surface area contributed by atoms with Gasteiger partial charge < -0.3 is 5.73 Å². The molecule has 2 unspecified atom stereocenters. The van der Waals surface area contributed by atoms with Crippen LogP contribution in [0.2, 0.25) is 0 Å². The highest BCUT2D eigenvalue weighted by atomic mass is 32.2. The van der Waals surface area contributed by atoms with Crippen molar-refractivity contribution in [3.05, 3.63) is 35.4 Å². The predicted octanol–water partition coefficient (Wildman–Crippen LogP) is 1.56. The molecule has 21 heavy (non-hydrogen) atoms. The van der Waals surface area contributed by atoms with Gasteiger partial charge in [0.15, 0.2) is 0 Å². The van der Waals surface area contributed by atoms with Crippen molar-refractivity contribution in [3.8, 4) is 0 Å². The monoisotopic (exact) mass is 311 g/mol. The van der Waals surface area contributed by atoms with Crippen LogP contribution in [0.4, 0.5) is 0 Å². The van der Waals surface area contributed by atoms with Crippen LogP contribution in [0.5, 0.6) is 0 Å². The molecule has 1 aromatic rings. The zero-order valence-corrected chi connectivity index (χ0v) is 13.6. The number of aryl methyl sites for hydroxylation is 1. The number of nitrogens with two attached hydrogens (primary N) is 1. The minimum absolute atomic E-state index is 0.242. The molecule has 2 atom stereocenters. The van der Waals surface area contributed by atoms with Crippen molar-refractivity contribution in [3.63, 3.8) is 0 Å². The quantitative estimate of drug-likeness (QED) is 0.866. The van der Waals surface area contributed by atoms with Crippen LogP contribution in [0, 0.1) is 12.8 Å². The lowest BCUT2D eigenvalue weighted by Gasteiger charge is -2.32. The number of hydrogen-bond donors (Lipinski definition) is 2. The Balaban J connectivity index is 2.04. The topological polar surface area (TPSA) is 75.4 Å². The molecule has 0 spiro atoms. The van der Waals surface area contributed by atoms with E-state index in [-0.39, 0.29) is 12.0 Å². The molecule has 2 rings (SSSR count). The number of rotatable bonds is 5. The number of nitrogens with one attached hydrogen (secondary N) is 1. The molecular weight excluding hydrogens is 286 g/mol. The second kappa shape index (κ2) is 6.87. The summed E-state index contributed by atoms with van der Waals surface area (Å²) in [6, 6.07) is 7.66. The van der Waals surface area contributed by atoms with Gasteiger partial charge in [-0.05, 0) is 44.7 Å². The Labute approximate surface area is 127 Å². The maximum absolute atomic E-state index is 12.5. The first kappa shape index (κ1) is 16.4. The summed E-state index contributed by atoms with van der Waals surface area (Å²) < 4.78 is 29.2. The van der Waals surface area contributed by atoms with E-state index < -0.39 is 10.2 Å². The van der Waals surface area contributed by atoms with Gasteiger partial charge in [-0.1, -0.05) is 29.8 Å². The Morgan fingerprint density at radius 2 is 2.05 bits per heavy atom. The normalized spacial score (nSPS) is 22.1. The Bertz CT molecular complexity index is 557. The van der Waals surface area contributed by atoms with Gasteiger partial charge in [0.1, 0.15) is 0 Å². The van der Waals surface area contributed by atoms with Crippen LogP contribution in [0.3, 0.4) is 0 Å². The maximum Gasteiger partial charge on any atom is 0.280 e. The minimum atomic E-state index is -3.46. The van der Waals surface area contributed by atoms with Crippen molar-refractivity contribution in [1.82, 2.24) is 9.03 Å². The van der Waals surface area contributed by atoms with Gasteiger partial charge in [-0.15, -0.1) is 0 Å². The molecule has 1 fully saturated rings. The van der Waals surface area contributed by atoms with Crippen molar-refractivity contribution in [2.24, 2.45) is 11.7 Å². The summed E-state index contributed by atoms with van der Waals surface area (Å²) in [4.78, 5) is 0. The van der Waals surface area contributed by atoms with E-state index in [1.165, 1.54) is 4.31 Å². The molecule has 1 saturated heterocycles. The molecule has 0 bridgehead atoms. The van der Waals surface area contributed by atoms with E-state index in [0.29, 0.717) is 19.6 Å². The molecule has 0 saturated carbocycles. The molecule has 1 aromatic carbocycles. The molecule has 0 radical (unpaired) electrons. The van der Waals surface area contributed by atoms with E-state index in [1.54, 1.807) is 0 Å². The second-order valence-electron chi connectivity index (χ2n) is 5.86. The summed E-state index contributed by atoms with van der Waals surface area (Å²) in [5.74, 6) is 0.269. The van der Waals surface area contributed by atoms with Gasteiger partial charge in [-0.25, -0.2) is 0 Å². The van der Waals surface area contributed by atoms with Crippen LogP contribution >= 0.6 is 0 Å². The summed E-state index contributed by atoms with van der Waals surface area (Å²) in [7, 11) is -3.46. The first-order chi connectivity index (χ1) is 9.92. The third-order valence-corrected chi connectivity index (χ3v) is 5.72. The fourth-order valence-electron chi connectivity index (χ4n) is 2.66. The Kier molecular flexibility index (Phi) is 5.37. The van der Waals surface area contributed by atoms with Crippen molar-refractivity contribution >= 4 is 10.2 Å². The molecule has 3 N–H and O–H groups in total. The van der Waals surface area contributed by atoms with Crippen molar-refractivity contribution in [2.45, 2.75) is 32.7 Å². The van der Waals surface area contributed by atoms with Gasteiger partial charge >= 0.3 is 0 Å². The lowest BCUT2D eigenvalue weighted by atomic mass is 10.0. The van der Waals surface area contributed by atoms with E-state index in [4.69, 9.17) is 5.73 Å². The molecule has 0 aliphatic carbocycles. The van der Waals surface area contributed by atoms with Crippen LogP contribution in [0.1, 0.15) is 36.9 Å². The maximum atomic E-state index is 12.5. The zero-order valence-electron chi connectivity index (χ0n) is 12.7. The van der Waals surface area contributed by atoms with E-state index in [1.807, 2.05) is 38.1 Å². The van der Waals surface area contributed by atoms with Crippen LogP contribution in [0.25, 0.3) is 0 Å². The van der Waals surface area contributed by atoms with Gasteiger partial charge in [0, 0.05) is 19.1 Å². The summed E-state index contributed by atoms with van der Waals surface area (Å²) in [5.41, 5.74) is 7.80. The second-order valence-corrected chi connectivity index (χ2v) is 7.56. The number of hydrogen-bond acceptors (Lipinski definition) is 3. The molecule has 6 heteroatoms. The van der Waals surface area contributed by atoms with Crippen molar-refractivity contribution in [2.75, 3.05) is 19.6 Å². The molecule has 0 aromatic heterocycles. The summed E-state index contributed by atoms with van der Waals surface area (Å²) in [6.07, 6.45) is 1.89. The average Bonchev–Trinajstić information content (AvgIpc) is 2.47. The summed E-state index contributed by atoms with van der Waals surface area (Å²) in [5, 5.41) is 0. The van der Waals surface area contributed by atoms with E-state index in [0.717, 1.165) is 24.0 Å². The molecule has 118 valence electrons. The average molecular weight is 311 g/mol. The molecule has 0 amide bonds. The van der Waals surface area contributed by atoms with Crippen molar-refractivity contribution in [1.29, 1.82) is 0 Å². The van der Waals surface area contributed by atoms with Gasteiger partial charge in [-0.3, -0.25) is 0 Å². The van der Waals surface area contributed by atoms with Crippen LogP contribution in [0.15, 0.2) is 24.3 Å². The molecule has 1 aliphatic heterocycles. The highest BCUT2D eigenvalue weighted by Gasteiger charge is 2.29. The largest absolute Gasteiger partial charge is 0.330 e. The molecular formula is C15H25N3O2S. The first-order valence-corrected chi connectivity index (χ1v) is 8.90. The fraction of sp³-hybridized carbons (Fsp3) is 0.600. The van der Waals surface area contributed by atoms with Crippen LogP contribution in [-0.4, -0.2) is 32.4 Å². The molecule has 1 heterocycles. The van der Waals surface area contributed by atoms with Gasteiger partial charge in [0.05, 0.1) is 0 Å². The van der Waals surface area contributed by atoms with E-state index in [2.05, 4.69) is 4.72 Å². The SMILES string of the molecule is Cc1ccc(C(C)NS(=O)(=O)N2CCCC(CN)C2)cc1. The standard InChI is InChI=1S/C15H25N3O2S/c1-12-5-7-15(8-6-12)13(2)17-21(19,20)18-9-3-4-14(10-16)11-18/h5-8,13-14,17H,3-4,9-11,16H2,1-2H3. The fourth-order valence-corrected chi connectivity index (χ4v) is 4.17. The van der Waals surface area contributed by atoms with Gasteiger partial charge in [0.25, 0.3) is 10.2 Å². The Morgan fingerprint density at radius 3 is 2.67 bits per heavy atom. The van der Waals surface area contributed by atoms with Crippen LogP contribution in [-0.2, 0) is 10.2 Å². The smallest absolute Gasteiger partial charge is 0.280 e. The molecule has 1 aliphatic rings. The number of piperidine rings is 1. The number of benzene rings is 1. The predicted molar refractivity (Wildman–Crippen MR) is 85.0 cm³/mol. The Hall–Kier alpha value is -0.950. The first-order valence-electron chi connectivity index (χ1n) is 7.46. The van der Waals surface area contributed by atoms with Gasteiger partial charge in [0.2, 0.25) is 0 Å². The van der Waals surface area contributed by atoms with Crippen LogP contribution < -0.4 is 10.5 Å². The summed E-state index contributed by atoms with van der Waals surface area (Å²) in [6.45, 7) is 5.52. The molecule has 5 nitrogen and oxygen atoms in total. The summed E-state index contributed by atoms with van der Waals surface area (Å²) >= 11 is 0. The highest BCUT2D eigenvalue weighted by Crippen LogP contribution is 2.20.